The second kappa shape index (κ2) is 21.1. The maximum Gasteiger partial charge on any atom is 0.399 e. The predicted molar refractivity (Wildman–Crippen MR) is 164 cm³/mol. The molecule has 0 aromatic heterocycles. The minimum atomic E-state index is -6.30. The zero-order valence-corrected chi connectivity index (χ0v) is 34.2. The Morgan fingerprint density at radius 2 is 0.793 bits per heavy atom. The average molecular weight is 1050 g/mol. The van der Waals surface area contributed by atoms with Gasteiger partial charge >= 0.3 is 83.2 Å². The van der Waals surface area contributed by atoms with Gasteiger partial charge in [-0.05, 0) is 0 Å². The van der Waals surface area contributed by atoms with Crippen LogP contribution in [0.4, 0.5) is 0 Å². The van der Waals surface area contributed by atoms with Crippen LogP contribution in [0.15, 0.2) is 0 Å². The van der Waals surface area contributed by atoms with Gasteiger partial charge in [-0.2, -0.15) is 67.3 Å². The highest BCUT2D eigenvalue weighted by atomic mass is 32.3. The first kappa shape index (κ1) is 61.6. The van der Waals surface area contributed by atoms with E-state index in [2.05, 4.69) is 33.5 Å². The third-order valence-electron chi connectivity index (χ3n) is 5.39. The largest absolute Gasteiger partial charge is 0.412 e. The van der Waals surface area contributed by atoms with E-state index in [0.29, 0.717) is 0 Å². The van der Waals surface area contributed by atoms with Gasteiger partial charge in [0, 0.05) is 17.4 Å². The quantitative estimate of drug-likeness (QED) is 0.0415. The van der Waals surface area contributed by atoms with Gasteiger partial charge in [0.2, 0.25) is 12.1 Å². The summed E-state index contributed by atoms with van der Waals surface area (Å²) in [5.74, 6) is -4.27. The number of ether oxygens (including phenoxy) is 3. The van der Waals surface area contributed by atoms with E-state index in [1.165, 1.54) is 0 Å². The second-order valence-corrected chi connectivity index (χ2v) is 17.8. The van der Waals surface area contributed by atoms with E-state index in [4.69, 9.17) is 27.9 Å². The Labute approximate surface area is 335 Å². The van der Waals surface area contributed by atoms with E-state index in [1.54, 1.807) is 0 Å². The first-order valence-electron chi connectivity index (χ1n) is 11.9. The highest BCUT2D eigenvalue weighted by Crippen LogP contribution is 2.43. The minimum Gasteiger partial charge on any atom is -0.412 e. The topological polar surface area (TPSA) is 631 Å². The molecular weight excluding hydrogens is 1020 g/mol. The standard InChI is InChI=1S/C11H20O35S8.Al.3H2O/c12-47(13,14)36-1-3-4(41-49(18,19)20)5(42-50(21,22)23)6(43-51(24,25)26)9(38-3)39-11(2-37-48(15,16)17)8(45-53(30,31)32)7(44-52(27,28)29)10(40-11)46-54(33,34)35;;;;/h3-10H,1-2H2,(H,12,13,14)(H,15,16,17)(H,18,19,20)(H,21,22,23)(H,24,25,26)(H,27,28,29)(H,30,31,32)(H,33,34,35);;3*1H2/t3-,4-,5+,6-,7+,8+,9+,10-,11-;;;;/m1..../s1. The molecule has 0 saturated carbocycles. The maximum atomic E-state index is 11.8. The van der Waals surface area contributed by atoms with Crippen LogP contribution in [0.1, 0.15) is 0 Å². The zero-order valence-electron chi connectivity index (χ0n) is 26.5. The van der Waals surface area contributed by atoms with Crippen molar-refractivity contribution < 1.29 is 168 Å². The molecule has 14 N–H and O–H groups in total. The third-order valence-corrected chi connectivity index (χ3v) is 8.98. The lowest BCUT2D eigenvalue weighted by Crippen LogP contribution is -2.65. The fourth-order valence-corrected chi connectivity index (χ4v) is 7.52. The summed E-state index contributed by atoms with van der Waals surface area (Å²) < 4.78 is 306. The molecule has 2 heterocycles. The third kappa shape index (κ3) is 21.9. The molecule has 9 atom stereocenters. The molecule has 2 rings (SSSR count). The van der Waals surface area contributed by atoms with Gasteiger partial charge in [-0.25, -0.2) is 33.5 Å². The fraction of sp³-hybridized carbons (Fsp3) is 1.00. The SMILES string of the molecule is O.O.O.O=S(=O)(O)OC[C@H]1O[C@@H](O[C@]2(COS(=O)(=O)O)O[C@H](OS(=O)(=O)O)[C@@H](OS(=O)(=O)O)[C@@H]2OS(=O)(=O)O)[C@H](OS(=O)(=O)O)[C@@H](OS(=O)(=O)O)[C@@H]1OS(=O)(=O)O.[Al]. The molecule has 0 bridgehead atoms. The molecule has 0 spiro atoms. The Morgan fingerprint density at radius 1 is 0.431 bits per heavy atom. The molecule has 2 aliphatic heterocycles. The highest BCUT2D eigenvalue weighted by Gasteiger charge is 2.66. The van der Waals surface area contributed by atoms with Gasteiger partial charge in [-0.1, -0.05) is 0 Å². The molecule has 58 heavy (non-hydrogen) atoms. The Bertz CT molecular complexity index is 2270. The summed E-state index contributed by atoms with van der Waals surface area (Å²) in [4.78, 5) is 0. The number of hydrogen-bond donors (Lipinski definition) is 8. The van der Waals surface area contributed by atoms with E-state index in [-0.39, 0.29) is 33.8 Å². The van der Waals surface area contributed by atoms with Gasteiger partial charge < -0.3 is 30.6 Å². The molecule has 0 aromatic rings. The normalized spacial score (nSPS) is 28.9. The summed E-state index contributed by atoms with van der Waals surface area (Å²) in [6.07, 6.45) is -27.2. The van der Waals surface area contributed by atoms with Crippen molar-refractivity contribution in [2.45, 2.75) is 55.0 Å². The minimum absolute atomic E-state index is 0. The van der Waals surface area contributed by atoms with Crippen molar-refractivity contribution in [3.63, 3.8) is 0 Å². The van der Waals surface area contributed by atoms with Crippen molar-refractivity contribution in [3.05, 3.63) is 0 Å². The van der Waals surface area contributed by atoms with Crippen LogP contribution in [0.3, 0.4) is 0 Å². The lowest BCUT2D eigenvalue weighted by atomic mass is 9.99. The van der Waals surface area contributed by atoms with Gasteiger partial charge in [0.25, 0.3) is 0 Å². The highest BCUT2D eigenvalue weighted by molar-refractivity contribution is 7.82. The molecule has 47 heteroatoms. The summed E-state index contributed by atoms with van der Waals surface area (Å²) in [5.41, 5.74) is 0. The Hall–Kier alpha value is -0.748. The smallest absolute Gasteiger partial charge is 0.399 e. The molecule has 3 radical (unpaired) electrons. The van der Waals surface area contributed by atoms with E-state index >= 15 is 0 Å². The van der Waals surface area contributed by atoms with Gasteiger partial charge in [0.1, 0.15) is 24.9 Å². The number of rotatable bonds is 20. The zero-order chi connectivity index (χ0) is 42.3. The van der Waals surface area contributed by atoms with Crippen LogP contribution in [-0.4, -0.2) is 206 Å². The van der Waals surface area contributed by atoms with Crippen LogP contribution in [0.25, 0.3) is 0 Å². The van der Waals surface area contributed by atoms with Crippen LogP contribution in [-0.2, 0) is 131 Å². The Morgan fingerprint density at radius 3 is 1.17 bits per heavy atom. The van der Waals surface area contributed by atoms with Crippen LogP contribution < -0.4 is 0 Å². The van der Waals surface area contributed by atoms with Crippen LogP contribution >= 0.6 is 0 Å². The summed E-state index contributed by atoms with van der Waals surface area (Å²) in [6, 6.07) is 0. The molecule has 2 aliphatic rings. The van der Waals surface area contributed by atoms with Crippen molar-refractivity contribution in [1.29, 1.82) is 0 Å². The van der Waals surface area contributed by atoms with Crippen molar-refractivity contribution in [1.82, 2.24) is 0 Å². The summed E-state index contributed by atoms with van der Waals surface area (Å²) in [6.45, 7) is -4.45. The first-order valence-corrected chi connectivity index (χ1v) is 22.8. The van der Waals surface area contributed by atoms with Crippen molar-refractivity contribution >= 4 is 101 Å². The van der Waals surface area contributed by atoms with Crippen molar-refractivity contribution in [3.8, 4) is 0 Å². The molecule has 349 valence electrons. The summed E-state index contributed by atoms with van der Waals surface area (Å²) >= 11 is 0. The van der Waals surface area contributed by atoms with Crippen molar-refractivity contribution in [2.75, 3.05) is 13.2 Å². The van der Waals surface area contributed by atoms with E-state index in [9.17, 15) is 90.1 Å². The predicted octanol–water partition coefficient (Wildman–Crippen LogP) is -9.68. The first-order chi connectivity index (χ1) is 23.7. The summed E-state index contributed by atoms with van der Waals surface area (Å²) in [5, 5.41) is 0. The van der Waals surface area contributed by atoms with E-state index < -0.39 is 151 Å². The fourth-order valence-electron chi connectivity index (χ4n) is 4.02. The Kier molecular flexibility index (Phi) is 22.4. The van der Waals surface area contributed by atoms with Gasteiger partial charge in [0.05, 0.1) is 6.61 Å². The lowest BCUT2D eigenvalue weighted by Gasteiger charge is -2.45. The molecule has 0 aromatic carbocycles. The van der Waals surface area contributed by atoms with E-state index in [1.807, 2.05) is 0 Å². The molecule has 2 saturated heterocycles. The van der Waals surface area contributed by atoms with Crippen LogP contribution in [0, 0.1) is 0 Å². The lowest BCUT2D eigenvalue weighted by molar-refractivity contribution is -0.379. The molecular formula is C11H26AlO38S8. The molecule has 38 nitrogen and oxygen atoms in total. The van der Waals surface area contributed by atoms with Gasteiger partial charge in [0.15, 0.2) is 24.6 Å². The van der Waals surface area contributed by atoms with Gasteiger partial charge in [-0.3, -0.25) is 36.4 Å². The summed E-state index contributed by atoms with van der Waals surface area (Å²) in [7, 11) is -48.9. The molecule has 0 unspecified atom stereocenters. The molecule has 0 aliphatic carbocycles. The Balaban J connectivity index is -0.00000756. The monoisotopic (exact) mass is 1050 g/mol. The average Bonchev–Trinajstić information content (AvgIpc) is 3.10. The maximum absolute atomic E-state index is 11.8. The van der Waals surface area contributed by atoms with Crippen LogP contribution in [0.5, 0.6) is 0 Å². The van der Waals surface area contributed by atoms with Crippen molar-refractivity contribution in [2.24, 2.45) is 0 Å². The number of hydrogen-bond acceptors (Lipinski definition) is 27. The molecule has 0 amide bonds. The molecule has 2 fully saturated rings. The van der Waals surface area contributed by atoms with Crippen LogP contribution in [0.2, 0.25) is 0 Å². The van der Waals surface area contributed by atoms with Gasteiger partial charge in [-0.15, -0.1) is 0 Å². The second-order valence-electron chi connectivity index (χ2n) is 9.28. The van der Waals surface area contributed by atoms with E-state index in [0.717, 1.165) is 0 Å².